The third-order valence-corrected chi connectivity index (χ3v) is 5.08. The van der Waals surface area contributed by atoms with Crippen molar-refractivity contribution in [3.8, 4) is 18.1 Å². The van der Waals surface area contributed by atoms with Gasteiger partial charge in [0.1, 0.15) is 5.75 Å². The summed E-state index contributed by atoms with van der Waals surface area (Å²) in [5, 5.41) is 13.9. The van der Waals surface area contributed by atoms with Crippen molar-refractivity contribution in [2.24, 2.45) is 10.2 Å². The van der Waals surface area contributed by atoms with E-state index in [2.05, 4.69) is 26.8 Å². The van der Waals surface area contributed by atoms with Crippen molar-refractivity contribution in [1.82, 2.24) is 10.2 Å². The van der Waals surface area contributed by atoms with Gasteiger partial charge in [0, 0.05) is 44.8 Å². The number of rotatable bonds is 11. The van der Waals surface area contributed by atoms with E-state index in [4.69, 9.17) is 11.2 Å². The van der Waals surface area contributed by atoms with Crippen LogP contribution in [0.15, 0.2) is 34.5 Å². The lowest BCUT2D eigenvalue weighted by atomic mass is 10.0. The van der Waals surface area contributed by atoms with Crippen LogP contribution in [-0.2, 0) is 4.79 Å². The highest BCUT2D eigenvalue weighted by Crippen LogP contribution is 2.36. The molecule has 3 amide bonds. The van der Waals surface area contributed by atoms with Crippen LogP contribution in [0.4, 0.5) is 10.5 Å². The molecule has 1 aromatic carbocycles. The first-order chi connectivity index (χ1) is 14.1. The number of carbonyl (C=O) groups excluding carboxylic acids is 2. The van der Waals surface area contributed by atoms with Crippen molar-refractivity contribution in [3.05, 3.63) is 24.3 Å². The zero-order chi connectivity index (χ0) is 20.7. The molecule has 8 nitrogen and oxygen atoms in total. The number of terminal acetylenes is 1. The molecule has 0 bridgehead atoms. The van der Waals surface area contributed by atoms with Gasteiger partial charge in [0.2, 0.25) is 5.91 Å². The fraction of sp³-hybridized carbons (Fsp3) is 0.524. The first kappa shape index (κ1) is 20.6. The predicted octanol–water partition coefficient (Wildman–Crippen LogP) is 3.16. The van der Waals surface area contributed by atoms with E-state index in [1.165, 1.54) is 0 Å². The number of nitrogens with one attached hydrogen (secondary N) is 2. The highest BCUT2D eigenvalue weighted by molar-refractivity contribution is 5.91. The Morgan fingerprint density at radius 3 is 2.72 bits per heavy atom. The predicted molar refractivity (Wildman–Crippen MR) is 110 cm³/mol. The van der Waals surface area contributed by atoms with Crippen LogP contribution < -0.4 is 15.4 Å². The molecule has 2 N–H and O–H groups in total. The van der Waals surface area contributed by atoms with Gasteiger partial charge in [0.15, 0.2) is 5.66 Å². The lowest BCUT2D eigenvalue weighted by Gasteiger charge is -2.23. The largest absolute Gasteiger partial charge is 0.495 e. The first-order valence-electron chi connectivity index (χ1n) is 9.92. The second-order valence-corrected chi connectivity index (χ2v) is 7.29. The molecule has 1 aliphatic carbocycles. The first-order valence-corrected chi connectivity index (χ1v) is 9.92. The third-order valence-electron chi connectivity index (χ3n) is 5.08. The van der Waals surface area contributed by atoms with E-state index in [0.717, 1.165) is 19.3 Å². The molecule has 1 aromatic rings. The van der Waals surface area contributed by atoms with Crippen LogP contribution >= 0.6 is 0 Å². The number of hydrogen-bond donors (Lipinski definition) is 2. The zero-order valence-electron chi connectivity index (χ0n) is 16.7. The minimum Gasteiger partial charge on any atom is -0.495 e. The van der Waals surface area contributed by atoms with Gasteiger partial charge in [0.05, 0.1) is 12.8 Å². The Morgan fingerprint density at radius 2 is 2.07 bits per heavy atom. The molecule has 0 spiro atoms. The molecule has 1 fully saturated rings. The SMILES string of the molecule is C#CCCC1(CCNC(=O)CCN(C(=O)Nc2ccccc2OC)C2CC2)N=N1. The molecule has 8 heteroatoms. The summed E-state index contributed by atoms with van der Waals surface area (Å²) in [7, 11) is 1.56. The summed E-state index contributed by atoms with van der Waals surface area (Å²) in [5.74, 6) is 3.10. The number of para-hydroxylation sites is 2. The molecule has 29 heavy (non-hydrogen) atoms. The van der Waals surface area contributed by atoms with E-state index in [1.54, 1.807) is 24.1 Å². The molecule has 154 valence electrons. The topological polar surface area (TPSA) is 95.4 Å². The maximum absolute atomic E-state index is 12.7. The second kappa shape index (κ2) is 9.41. The summed E-state index contributed by atoms with van der Waals surface area (Å²) in [4.78, 5) is 26.7. The summed E-state index contributed by atoms with van der Waals surface area (Å²) in [5.41, 5.74) is 0.221. The van der Waals surface area contributed by atoms with Gasteiger partial charge >= 0.3 is 6.03 Å². The number of urea groups is 1. The van der Waals surface area contributed by atoms with Gasteiger partial charge in [-0.25, -0.2) is 4.79 Å². The summed E-state index contributed by atoms with van der Waals surface area (Å²) in [6.07, 6.45) is 9.45. The minimum atomic E-state index is -0.395. The minimum absolute atomic E-state index is 0.0894. The maximum Gasteiger partial charge on any atom is 0.322 e. The van der Waals surface area contributed by atoms with Crippen LogP contribution in [0, 0.1) is 12.3 Å². The molecular weight excluding hydrogens is 370 g/mol. The molecule has 1 saturated carbocycles. The zero-order valence-corrected chi connectivity index (χ0v) is 16.7. The van der Waals surface area contributed by atoms with E-state index >= 15 is 0 Å². The molecule has 2 aliphatic rings. The third kappa shape index (κ3) is 5.95. The second-order valence-electron chi connectivity index (χ2n) is 7.29. The normalized spacial score (nSPS) is 15.9. The molecule has 0 atom stereocenters. The van der Waals surface area contributed by atoms with Crippen LogP contribution in [0.2, 0.25) is 0 Å². The van der Waals surface area contributed by atoms with Crippen molar-refractivity contribution in [3.63, 3.8) is 0 Å². The monoisotopic (exact) mass is 397 g/mol. The van der Waals surface area contributed by atoms with Gasteiger partial charge in [-0.1, -0.05) is 12.1 Å². The maximum atomic E-state index is 12.7. The van der Waals surface area contributed by atoms with Crippen molar-refractivity contribution in [2.75, 3.05) is 25.5 Å². The Hall–Kier alpha value is -3.08. The molecule has 0 aromatic heterocycles. The fourth-order valence-corrected chi connectivity index (χ4v) is 3.15. The molecule has 1 aliphatic heterocycles. The highest BCUT2D eigenvalue weighted by atomic mass is 16.5. The summed E-state index contributed by atoms with van der Waals surface area (Å²) in [6.45, 7) is 0.863. The van der Waals surface area contributed by atoms with Gasteiger partial charge in [-0.3, -0.25) is 4.79 Å². The van der Waals surface area contributed by atoms with Crippen LogP contribution in [0.1, 0.15) is 38.5 Å². The molecule has 1 heterocycles. The molecular formula is C21H27N5O3. The fourth-order valence-electron chi connectivity index (χ4n) is 3.15. The van der Waals surface area contributed by atoms with Crippen molar-refractivity contribution < 1.29 is 14.3 Å². The number of ether oxygens (including phenoxy) is 1. The number of hydrogen-bond acceptors (Lipinski definition) is 5. The Bertz CT molecular complexity index is 807. The molecule has 0 radical (unpaired) electrons. The van der Waals surface area contributed by atoms with Crippen molar-refractivity contribution in [1.29, 1.82) is 0 Å². The number of carbonyl (C=O) groups is 2. The Morgan fingerprint density at radius 1 is 1.31 bits per heavy atom. The lowest BCUT2D eigenvalue weighted by molar-refractivity contribution is -0.121. The van der Waals surface area contributed by atoms with Gasteiger partial charge in [-0.05, 0) is 25.0 Å². The standard InChI is InChI=1S/C21H27N5O3/c1-3-4-12-21(24-25-21)13-14-22-19(27)11-15-26(16-9-10-16)20(28)23-17-7-5-6-8-18(17)29-2/h1,5-8,16H,4,9-15H2,2H3,(H,22,27)(H,23,28). The molecule has 0 unspecified atom stereocenters. The number of nitrogens with zero attached hydrogens (tertiary/aromatic N) is 3. The summed E-state index contributed by atoms with van der Waals surface area (Å²) >= 11 is 0. The Kier molecular flexibility index (Phi) is 6.70. The van der Waals surface area contributed by atoms with Gasteiger partial charge in [-0.15, -0.1) is 12.3 Å². The number of benzene rings is 1. The van der Waals surface area contributed by atoms with Crippen LogP contribution in [0.5, 0.6) is 5.75 Å². The van der Waals surface area contributed by atoms with Crippen LogP contribution in [-0.4, -0.2) is 48.7 Å². The van der Waals surface area contributed by atoms with Crippen molar-refractivity contribution in [2.45, 2.75) is 50.2 Å². The summed E-state index contributed by atoms with van der Waals surface area (Å²) in [6, 6.07) is 7.23. The quantitative estimate of drug-likeness (QED) is 0.562. The van der Waals surface area contributed by atoms with E-state index < -0.39 is 5.66 Å². The lowest BCUT2D eigenvalue weighted by Crippen LogP contribution is -2.40. The Labute approximate surface area is 171 Å². The number of methoxy groups -OCH3 is 1. The van der Waals surface area contributed by atoms with E-state index in [-0.39, 0.29) is 24.4 Å². The van der Waals surface area contributed by atoms with Gasteiger partial charge in [-0.2, -0.15) is 10.2 Å². The van der Waals surface area contributed by atoms with E-state index in [0.29, 0.717) is 37.4 Å². The van der Waals surface area contributed by atoms with Gasteiger partial charge in [0.25, 0.3) is 0 Å². The van der Waals surface area contributed by atoms with E-state index in [1.807, 2.05) is 12.1 Å². The highest BCUT2D eigenvalue weighted by Gasteiger charge is 2.38. The number of amides is 3. The smallest absolute Gasteiger partial charge is 0.322 e. The Balaban J connectivity index is 1.43. The molecule has 3 rings (SSSR count). The number of anilines is 1. The van der Waals surface area contributed by atoms with Gasteiger partial charge < -0.3 is 20.3 Å². The van der Waals surface area contributed by atoms with Crippen molar-refractivity contribution >= 4 is 17.6 Å². The van der Waals surface area contributed by atoms with E-state index in [9.17, 15) is 9.59 Å². The van der Waals surface area contributed by atoms with Crippen LogP contribution in [0.25, 0.3) is 0 Å². The van der Waals surface area contributed by atoms with Crippen LogP contribution in [0.3, 0.4) is 0 Å². The average Bonchev–Trinajstić information content (AvgIpc) is 3.64. The average molecular weight is 397 g/mol. The molecule has 0 saturated heterocycles. The summed E-state index contributed by atoms with van der Waals surface area (Å²) < 4.78 is 5.28.